The molecule has 0 amide bonds. The van der Waals surface area contributed by atoms with Crippen LogP contribution in [0.1, 0.15) is 67.2 Å². The second kappa shape index (κ2) is 25.3. The Labute approximate surface area is 517 Å². The number of hydrogen-bond donors (Lipinski definition) is 2. The molecule has 0 saturated heterocycles. The number of fused-ring (bicyclic) bond motifs is 10. The number of anilines is 1. The molecule has 3 aliphatic heterocycles. The Morgan fingerprint density at radius 3 is 1.49 bits per heavy atom. The summed E-state index contributed by atoms with van der Waals surface area (Å²) in [7, 11) is 0. The van der Waals surface area contributed by atoms with E-state index < -0.39 is 5.97 Å². The van der Waals surface area contributed by atoms with Gasteiger partial charge < -0.3 is 52.7 Å². The van der Waals surface area contributed by atoms with E-state index in [9.17, 15) is 4.79 Å². The van der Waals surface area contributed by atoms with E-state index in [0.29, 0.717) is 24.3 Å². The molecule has 13 rings (SSSR count). The number of ether oxygens (including phenoxy) is 2. The molecule has 11 heteroatoms. The molecule has 0 unspecified atom stereocenters. The van der Waals surface area contributed by atoms with Gasteiger partial charge in [-0.1, -0.05) is 121 Å². The maximum absolute atomic E-state index is 14.2. The molecule has 9 aromatic rings. The number of carbonyl (C=O) groups is 1. The lowest BCUT2D eigenvalue weighted by Crippen LogP contribution is -3.00. The van der Waals surface area contributed by atoms with E-state index in [1.807, 2.05) is 54.6 Å². The third kappa shape index (κ3) is 11.2. The molecule has 2 N–H and O–H groups in total. The summed E-state index contributed by atoms with van der Waals surface area (Å²) in [5.41, 5.74) is 20.1. The minimum Gasteiger partial charge on any atom is -1.00 e. The van der Waals surface area contributed by atoms with Gasteiger partial charge in [0.15, 0.2) is 0 Å². The average molecular weight is 1240 g/mol. The zero-order valence-electron chi connectivity index (χ0n) is 48.6. The largest absolute Gasteiger partial charge is 1.00 e. The normalized spacial score (nSPS) is 11.7. The number of rotatable bonds is 16. The van der Waals surface area contributed by atoms with Gasteiger partial charge in [0.25, 0.3) is 0 Å². The summed E-state index contributed by atoms with van der Waals surface area (Å²) in [4.78, 5) is 35.1. The van der Waals surface area contributed by atoms with Crippen molar-refractivity contribution >= 4 is 69.0 Å². The number of halogens is 1. The van der Waals surface area contributed by atoms with Gasteiger partial charge in [0.2, 0.25) is 5.36 Å². The lowest BCUT2D eigenvalue weighted by molar-refractivity contribution is -0.0000368. The Morgan fingerprint density at radius 2 is 0.988 bits per heavy atom. The Kier molecular flexibility index (Phi) is 16.7. The monoisotopic (exact) mass is 1240 g/mol. The highest BCUT2D eigenvalue weighted by atomic mass is 127. The van der Waals surface area contributed by atoms with Crippen molar-refractivity contribution in [2.24, 2.45) is 0 Å². The first-order valence-electron chi connectivity index (χ1n) is 29.5. The van der Waals surface area contributed by atoms with E-state index in [0.717, 1.165) is 160 Å². The summed E-state index contributed by atoms with van der Waals surface area (Å²) in [5, 5.41) is 2.01. The van der Waals surface area contributed by atoms with Crippen molar-refractivity contribution < 1.29 is 42.7 Å². The standard InChI is InChI=1S/C75H64N6O4.HI/c1-5-80(6-2)53-31-35-58-68(47-53)85-69-48-54(81(7-3)8-4)32-36-59(69)74(58)56-27-18-19-28-57(56)75(82)84-46-20-45-83-55-33-29-52(30-34-55)73-66-43-41-64(78-66)71(50-23-14-10-15-24-50)62-39-37-60(76-62)70(49-21-12-9-13-22-49)61-38-40-63(77-61)72(51-25-16-11-17-26-51)65-42-44-67(73)79-65;/h9-19,21-44,47-48,82H,5-8,20,45-46H2,1-4H3;1H. The van der Waals surface area contributed by atoms with Crippen molar-refractivity contribution in [1.82, 2.24) is 24.5 Å². The second-order valence-corrected chi connectivity index (χ2v) is 21.2. The Balaban J connectivity index is 0.00000724. The van der Waals surface area contributed by atoms with Crippen LogP contribution in [-0.2, 0) is 4.74 Å². The summed E-state index contributed by atoms with van der Waals surface area (Å²) < 4.78 is 21.5. The van der Waals surface area contributed by atoms with Gasteiger partial charge in [0.1, 0.15) is 30.2 Å². The summed E-state index contributed by atoms with van der Waals surface area (Å²) in [6, 6.07) is 68.6. The van der Waals surface area contributed by atoms with Crippen molar-refractivity contribution in [3.8, 4) is 72.7 Å². The van der Waals surface area contributed by atoms with Crippen LogP contribution in [0.2, 0.25) is 0 Å². The number of nitrogens with one attached hydrogen (secondary N) is 2. The molecule has 0 radical (unpaired) electrons. The summed E-state index contributed by atoms with van der Waals surface area (Å²) in [6.07, 6.45) is 8.96. The highest BCUT2D eigenvalue weighted by Gasteiger charge is 2.25. The van der Waals surface area contributed by atoms with Gasteiger partial charge in [0.05, 0.1) is 47.6 Å². The summed E-state index contributed by atoms with van der Waals surface area (Å²) in [5.74, 6) is 1.06. The molecule has 1 aliphatic carbocycles. The van der Waals surface area contributed by atoms with Crippen molar-refractivity contribution in [3.05, 3.63) is 234 Å². The lowest BCUT2D eigenvalue weighted by Gasteiger charge is -2.22. The van der Waals surface area contributed by atoms with Gasteiger partial charge in [-0.25, -0.2) is 19.3 Å². The second-order valence-electron chi connectivity index (χ2n) is 21.2. The quantitative estimate of drug-likeness (QED) is 0.0326. The van der Waals surface area contributed by atoms with Crippen molar-refractivity contribution in [2.75, 3.05) is 44.3 Å². The van der Waals surface area contributed by atoms with Crippen LogP contribution in [0.4, 0.5) is 5.69 Å². The fourth-order valence-electron chi connectivity index (χ4n) is 12.1. The lowest BCUT2D eigenvalue weighted by atomic mass is 9.90. The Morgan fingerprint density at radius 1 is 0.500 bits per heavy atom. The number of carbonyl (C=O) groups excluding carboxylic acids is 1. The number of esters is 1. The fourth-order valence-corrected chi connectivity index (χ4v) is 12.1. The van der Waals surface area contributed by atoms with Crippen LogP contribution in [0.25, 0.3) is 124 Å². The number of nitrogens with zero attached hydrogens (tertiary/aromatic N) is 4. The van der Waals surface area contributed by atoms with Crippen LogP contribution in [0.5, 0.6) is 5.75 Å². The van der Waals surface area contributed by atoms with Crippen LogP contribution < -0.4 is 43.5 Å². The van der Waals surface area contributed by atoms with Gasteiger partial charge in [-0.3, -0.25) is 0 Å². The van der Waals surface area contributed by atoms with Gasteiger partial charge in [-0.2, -0.15) is 0 Å². The molecule has 3 aromatic heterocycles. The molecular weight excluding hydrogens is 1180 g/mol. The van der Waals surface area contributed by atoms with Gasteiger partial charge >= 0.3 is 5.97 Å². The van der Waals surface area contributed by atoms with Crippen molar-refractivity contribution in [3.63, 3.8) is 0 Å². The van der Waals surface area contributed by atoms with E-state index in [4.69, 9.17) is 23.9 Å². The van der Waals surface area contributed by atoms with Crippen LogP contribution in [0, 0.1) is 0 Å². The Bertz CT molecular complexity index is 4540. The average Bonchev–Trinajstić information content (AvgIpc) is 2.62. The van der Waals surface area contributed by atoms with E-state index in [1.54, 1.807) is 0 Å². The van der Waals surface area contributed by atoms with E-state index in [2.05, 4.69) is 217 Å². The van der Waals surface area contributed by atoms with Crippen LogP contribution >= 0.6 is 0 Å². The highest BCUT2D eigenvalue weighted by Crippen LogP contribution is 2.43. The minimum absolute atomic E-state index is 0. The number of aromatic nitrogens is 4. The van der Waals surface area contributed by atoms with Gasteiger partial charge in [-0.05, 0) is 140 Å². The molecule has 0 atom stereocenters. The maximum Gasteiger partial charge on any atom is 0.338 e. The molecule has 4 aliphatic rings. The molecule has 6 heterocycles. The molecular formula is C75H65IN6O4. The first-order valence-corrected chi connectivity index (χ1v) is 29.5. The zero-order valence-corrected chi connectivity index (χ0v) is 50.8. The van der Waals surface area contributed by atoms with Gasteiger partial charge in [-0.15, -0.1) is 0 Å². The van der Waals surface area contributed by atoms with Crippen molar-refractivity contribution in [2.45, 2.75) is 34.1 Å². The first kappa shape index (κ1) is 56.9. The predicted molar refractivity (Wildman–Crippen MR) is 349 cm³/mol. The smallest absolute Gasteiger partial charge is 0.338 e. The predicted octanol–water partition coefficient (Wildman–Crippen LogP) is 14.1. The molecule has 86 heavy (non-hydrogen) atoms. The van der Waals surface area contributed by atoms with E-state index in [-0.39, 0.29) is 30.6 Å². The van der Waals surface area contributed by atoms with Crippen LogP contribution in [-0.4, -0.2) is 65.3 Å². The fraction of sp³-hybridized carbons (Fsp3) is 0.147. The zero-order chi connectivity index (χ0) is 57.8. The van der Waals surface area contributed by atoms with Crippen LogP contribution in [0.3, 0.4) is 0 Å². The third-order valence-electron chi connectivity index (χ3n) is 16.2. The highest BCUT2D eigenvalue weighted by molar-refractivity contribution is 6.08. The molecule has 10 nitrogen and oxygen atoms in total. The number of aromatic amines is 2. The van der Waals surface area contributed by atoms with E-state index in [1.165, 1.54) is 0 Å². The van der Waals surface area contributed by atoms with E-state index >= 15 is 0 Å². The number of benzene rings is 7. The topological polar surface area (TPSA) is 112 Å². The molecule has 0 spiro atoms. The molecule has 8 bridgehead atoms. The molecule has 6 aromatic carbocycles. The molecule has 0 saturated carbocycles. The third-order valence-corrected chi connectivity index (χ3v) is 16.2. The summed E-state index contributed by atoms with van der Waals surface area (Å²) in [6.45, 7) is 12.7. The van der Waals surface area contributed by atoms with Crippen molar-refractivity contribution in [1.29, 1.82) is 0 Å². The molecule has 0 fully saturated rings. The SMILES string of the molecule is CCN(CC)c1ccc2c(-c3ccccc3C(=O)OCCCOc3ccc(-c4c5nc(c(-c6ccccc6)c6ccc([nH]6)c(-c6ccccc6)c6nc(c(-c7ccccc7)c7ccc4[nH]7)C=C6)C=C5)cc3)c3ccc(=[N+](CC)CC)cc-3oc2c1.[I-]. The maximum atomic E-state index is 14.2. The summed E-state index contributed by atoms with van der Waals surface area (Å²) >= 11 is 0. The minimum atomic E-state index is -0.393. The number of H-pyrrole nitrogens is 2. The molecule has 426 valence electrons. The Hall–Kier alpha value is -9.59. The van der Waals surface area contributed by atoms with Crippen LogP contribution in [0.15, 0.2) is 205 Å². The number of hydrogen-bond acceptors (Lipinski definition) is 7. The first-order chi connectivity index (χ1) is 41.9. The van der Waals surface area contributed by atoms with Gasteiger partial charge in [0, 0.05) is 98.2 Å².